The van der Waals surface area contributed by atoms with E-state index in [1.807, 2.05) is 0 Å². The molecule has 0 radical (unpaired) electrons. The highest BCUT2D eigenvalue weighted by atomic mass is 35.5. The van der Waals surface area contributed by atoms with Crippen molar-refractivity contribution < 1.29 is 34.6 Å². The summed E-state index contributed by atoms with van der Waals surface area (Å²) >= 11 is 23.5. The van der Waals surface area contributed by atoms with Crippen molar-refractivity contribution in [2.24, 2.45) is 0 Å². The Morgan fingerprint density at radius 1 is 1.00 bits per heavy atom. The number of aliphatic hydroxyl groups excluding tert-OH is 4. The molecule has 0 amide bonds. The molecule has 7 nitrogen and oxygen atoms in total. The molecule has 11 heteroatoms. The van der Waals surface area contributed by atoms with Gasteiger partial charge in [0.15, 0.2) is 6.29 Å². The van der Waals surface area contributed by atoms with Crippen LogP contribution in [0.3, 0.4) is 0 Å². The Morgan fingerprint density at radius 2 is 1.65 bits per heavy atom. The first-order chi connectivity index (χ1) is 10.8. The van der Waals surface area contributed by atoms with Gasteiger partial charge >= 0.3 is 0 Å². The molecule has 0 aromatic carbocycles. The molecule has 2 aliphatic heterocycles. The van der Waals surface area contributed by atoms with E-state index < -0.39 is 60.0 Å². The van der Waals surface area contributed by atoms with Crippen molar-refractivity contribution in [3.8, 4) is 0 Å². The van der Waals surface area contributed by atoms with Crippen molar-refractivity contribution in [1.29, 1.82) is 0 Å². The molecule has 2 rings (SSSR count). The largest absolute Gasteiger partial charge is 0.394 e. The maximum absolute atomic E-state index is 10.3. The van der Waals surface area contributed by atoms with Crippen LogP contribution in [0, 0.1) is 0 Å². The van der Waals surface area contributed by atoms with E-state index in [0.717, 1.165) is 0 Å². The Morgan fingerprint density at radius 3 is 2.13 bits per heavy atom. The summed E-state index contributed by atoms with van der Waals surface area (Å²) in [7, 11) is 0. The van der Waals surface area contributed by atoms with E-state index >= 15 is 0 Å². The minimum atomic E-state index is -1.78. The highest BCUT2D eigenvalue weighted by Crippen LogP contribution is 2.39. The van der Waals surface area contributed by atoms with E-state index in [4.69, 9.17) is 60.6 Å². The van der Waals surface area contributed by atoms with E-state index in [2.05, 4.69) is 0 Å². The van der Waals surface area contributed by atoms with Crippen LogP contribution >= 0.6 is 46.4 Å². The van der Waals surface area contributed by atoms with Crippen molar-refractivity contribution in [2.75, 3.05) is 18.4 Å². The second-order valence-corrected chi connectivity index (χ2v) is 7.00. The second-order valence-electron chi connectivity index (χ2n) is 5.41. The molecule has 0 aliphatic carbocycles. The molecule has 0 aromatic rings. The molecule has 4 N–H and O–H groups in total. The first kappa shape index (κ1) is 20.2. The van der Waals surface area contributed by atoms with Crippen LogP contribution in [0.2, 0.25) is 0 Å². The molecule has 2 aliphatic rings. The topological polar surface area (TPSA) is 109 Å². The quantitative estimate of drug-likeness (QED) is 0.452. The Bertz CT molecular complexity index is 404. The third kappa shape index (κ3) is 3.71. The zero-order valence-electron chi connectivity index (χ0n) is 11.8. The number of rotatable bonds is 5. The maximum Gasteiger partial charge on any atom is 0.213 e. The number of halogens is 4. The molecule has 23 heavy (non-hydrogen) atoms. The predicted molar refractivity (Wildman–Crippen MR) is 83.2 cm³/mol. The van der Waals surface area contributed by atoms with Crippen molar-refractivity contribution in [1.82, 2.24) is 0 Å². The summed E-state index contributed by atoms with van der Waals surface area (Å²) < 4.78 is 16.4. The normalized spacial score (nSPS) is 51.1. The lowest BCUT2D eigenvalue weighted by molar-refractivity contribution is -0.357. The van der Waals surface area contributed by atoms with Crippen LogP contribution in [-0.2, 0) is 14.2 Å². The number of ether oxygens (including phenoxy) is 3. The molecule has 2 heterocycles. The Kier molecular flexibility index (Phi) is 7.07. The Labute approximate surface area is 152 Å². The van der Waals surface area contributed by atoms with Gasteiger partial charge in [0.2, 0.25) is 5.79 Å². The zero-order valence-corrected chi connectivity index (χ0v) is 14.8. The fraction of sp³-hybridized carbons (Fsp3) is 1.00. The molecule has 0 aromatic heterocycles. The Balaban J connectivity index is 2.18. The van der Waals surface area contributed by atoms with Gasteiger partial charge in [-0.15, -0.1) is 46.4 Å². The van der Waals surface area contributed by atoms with Crippen LogP contribution in [0.1, 0.15) is 0 Å². The summed E-state index contributed by atoms with van der Waals surface area (Å²) in [6.07, 6.45) is -7.47. The SMILES string of the molecule is OC[C@H]1O[C@H](OC2(CCl)O[C@H](CCl)[C@H](Cl)[C@H]2O)[C@H](O)[C@@H](O)[C@H]1Cl. The summed E-state index contributed by atoms with van der Waals surface area (Å²) in [5.41, 5.74) is 0. The molecule has 136 valence electrons. The van der Waals surface area contributed by atoms with Crippen LogP contribution in [0.4, 0.5) is 0 Å². The summed E-state index contributed by atoms with van der Waals surface area (Å²) in [5, 5.41) is 37.6. The van der Waals surface area contributed by atoms with Gasteiger partial charge < -0.3 is 34.6 Å². The van der Waals surface area contributed by atoms with Gasteiger partial charge in [0, 0.05) is 0 Å². The monoisotopic (exact) mass is 414 g/mol. The summed E-state index contributed by atoms with van der Waals surface area (Å²) in [6.45, 7) is -0.502. The third-order valence-corrected chi connectivity index (χ3v) is 5.65. The molecular formula is C12H18Cl4O7. The van der Waals surface area contributed by atoms with E-state index in [1.165, 1.54) is 0 Å². The predicted octanol–water partition coefficient (Wildman–Crippen LogP) is -0.410. The van der Waals surface area contributed by atoms with Crippen molar-refractivity contribution in [3.63, 3.8) is 0 Å². The van der Waals surface area contributed by atoms with E-state index in [1.54, 1.807) is 0 Å². The average Bonchev–Trinajstić information content (AvgIpc) is 2.80. The summed E-state index contributed by atoms with van der Waals surface area (Å²) in [5.74, 6) is -2.12. The van der Waals surface area contributed by atoms with Crippen molar-refractivity contribution in [3.05, 3.63) is 0 Å². The molecule has 9 atom stereocenters. The standard InChI is InChI=1S/C12H18Cl4O7/c13-1-4-7(16)10(20)12(3-14,22-4)23-11-9(19)8(18)6(15)5(2-17)21-11/h4-11,17-20H,1-3H2/t4-,5-,6+,7+,8+,9-,10-,11-,12?/m1/s1. The second kappa shape index (κ2) is 8.05. The van der Waals surface area contributed by atoms with Crippen LogP contribution in [-0.4, -0.2) is 92.1 Å². The molecule has 0 bridgehead atoms. The van der Waals surface area contributed by atoms with E-state index in [9.17, 15) is 20.4 Å². The minimum absolute atomic E-state index is 0.00700. The molecule has 1 unspecified atom stereocenters. The number of hydrogen-bond acceptors (Lipinski definition) is 7. The van der Waals surface area contributed by atoms with Crippen LogP contribution in [0.15, 0.2) is 0 Å². The van der Waals surface area contributed by atoms with Gasteiger partial charge in [0.25, 0.3) is 0 Å². The van der Waals surface area contributed by atoms with Gasteiger partial charge in [-0.3, -0.25) is 0 Å². The van der Waals surface area contributed by atoms with Gasteiger partial charge in [0.1, 0.15) is 24.4 Å². The van der Waals surface area contributed by atoms with E-state index in [-0.39, 0.29) is 11.8 Å². The van der Waals surface area contributed by atoms with Gasteiger partial charge in [-0.1, -0.05) is 0 Å². The smallest absolute Gasteiger partial charge is 0.213 e. The zero-order chi connectivity index (χ0) is 17.4. The fourth-order valence-corrected chi connectivity index (χ4v) is 3.78. The van der Waals surface area contributed by atoms with Crippen LogP contribution < -0.4 is 0 Å². The number of aliphatic hydroxyl groups is 4. The van der Waals surface area contributed by atoms with Crippen LogP contribution in [0.25, 0.3) is 0 Å². The van der Waals surface area contributed by atoms with Gasteiger partial charge in [-0.2, -0.15) is 0 Å². The van der Waals surface area contributed by atoms with E-state index in [0.29, 0.717) is 0 Å². The molecule has 0 saturated carbocycles. The van der Waals surface area contributed by atoms with Crippen molar-refractivity contribution in [2.45, 2.75) is 53.4 Å². The average molecular weight is 416 g/mol. The molecule has 2 fully saturated rings. The lowest BCUT2D eigenvalue weighted by Gasteiger charge is -2.43. The lowest BCUT2D eigenvalue weighted by atomic mass is 10.0. The highest BCUT2D eigenvalue weighted by molar-refractivity contribution is 6.24. The number of alkyl halides is 4. The van der Waals surface area contributed by atoms with Crippen LogP contribution in [0.5, 0.6) is 0 Å². The minimum Gasteiger partial charge on any atom is -0.394 e. The fourth-order valence-electron chi connectivity index (χ4n) is 2.53. The number of hydrogen-bond donors (Lipinski definition) is 4. The summed E-state index contributed by atoms with van der Waals surface area (Å²) in [4.78, 5) is 0. The highest BCUT2D eigenvalue weighted by Gasteiger charge is 2.57. The summed E-state index contributed by atoms with van der Waals surface area (Å²) in [6, 6.07) is 0. The Hall–Kier alpha value is 0.880. The first-order valence-corrected chi connectivity index (χ1v) is 8.81. The molecular weight excluding hydrogens is 398 g/mol. The van der Waals surface area contributed by atoms with Gasteiger partial charge in [-0.05, 0) is 0 Å². The molecule has 2 saturated heterocycles. The third-order valence-electron chi connectivity index (χ3n) is 3.91. The van der Waals surface area contributed by atoms with Gasteiger partial charge in [-0.25, -0.2) is 0 Å². The molecule has 0 spiro atoms. The first-order valence-electron chi connectivity index (χ1n) is 6.87. The lowest BCUT2D eigenvalue weighted by Crippen LogP contribution is -2.61. The maximum atomic E-state index is 10.3. The van der Waals surface area contributed by atoms with Gasteiger partial charge in [0.05, 0.1) is 35.2 Å². The van der Waals surface area contributed by atoms with Crippen molar-refractivity contribution >= 4 is 46.4 Å².